The second-order valence-corrected chi connectivity index (χ2v) is 6.38. The Hall–Kier alpha value is -0.370. The number of nitrogens with two attached hydrogens (primary N) is 1. The number of aryl methyl sites for hydroxylation is 2. The Balaban J connectivity index is 0.00000180. The van der Waals surface area contributed by atoms with Crippen LogP contribution in [0.15, 0.2) is 4.99 Å². The summed E-state index contributed by atoms with van der Waals surface area (Å²) >= 11 is 1.71. The van der Waals surface area contributed by atoms with Gasteiger partial charge in [-0.3, -0.25) is 0 Å². The fourth-order valence-corrected chi connectivity index (χ4v) is 2.95. The number of rotatable bonds is 2. The number of aromatic nitrogens is 1. The van der Waals surface area contributed by atoms with Crippen LogP contribution in [-0.2, 0) is 6.54 Å². The topological polar surface area (TPSA) is 54.5 Å². The molecule has 0 bridgehead atoms. The lowest BCUT2D eigenvalue weighted by Crippen LogP contribution is -2.42. The summed E-state index contributed by atoms with van der Waals surface area (Å²) < 4.78 is 0. The molecule has 108 valence electrons. The number of guanidine groups is 1. The maximum Gasteiger partial charge on any atom is 0.191 e. The highest BCUT2D eigenvalue weighted by atomic mass is 127. The number of halogens is 1. The van der Waals surface area contributed by atoms with Gasteiger partial charge in [-0.15, -0.1) is 35.3 Å². The third kappa shape index (κ3) is 4.59. The van der Waals surface area contributed by atoms with Crippen molar-refractivity contribution < 1.29 is 0 Å². The Labute approximate surface area is 136 Å². The Morgan fingerprint density at radius 1 is 1.42 bits per heavy atom. The summed E-state index contributed by atoms with van der Waals surface area (Å²) in [6, 6.07) is 0. The summed E-state index contributed by atoms with van der Waals surface area (Å²) in [4.78, 5) is 12.4. The zero-order valence-electron chi connectivity index (χ0n) is 11.8. The van der Waals surface area contributed by atoms with E-state index in [1.165, 1.54) is 17.7 Å². The van der Waals surface area contributed by atoms with Crippen LogP contribution in [0, 0.1) is 19.8 Å². The van der Waals surface area contributed by atoms with Crippen LogP contribution in [0.3, 0.4) is 0 Å². The Bertz CT molecular complexity index is 416. The van der Waals surface area contributed by atoms with Crippen LogP contribution in [0.2, 0.25) is 0 Å². The molecule has 1 aromatic rings. The van der Waals surface area contributed by atoms with E-state index in [1.807, 2.05) is 6.92 Å². The van der Waals surface area contributed by atoms with Crippen molar-refractivity contribution in [2.24, 2.45) is 16.6 Å². The van der Waals surface area contributed by atoms with Crippen molar-refractivity contribution in [3.63, 3.8) is 0 Å². The summed E-state index contributed by atoms with van der Waals surface area (Å²) in [6.45, 7) is 9.10. The molecule has 1 fully saturated rings. The van der Waals surface area contributed by atoms with Crippen LogP contribution in [0.1, 0.15) is 35.3 Å². The predicted octanol–water partition coefficient (Wildman–Crippen LogP) is 2.92. The van der Waals surface area contributed by atoms with E-state index in [0.717, 1.165) is 29.7 Å². The molecular formula is C13H23IN4S. The minimum absolute atomic E-state index is 0. The van der Waals surface area contributed by atoms with Gasteiger partial charge in [0.15, 0.2) is 5.96 Å². The molecule has 0 aliphatic carbocycles. The highest BCUT2D eigenvalue weighted by Crippen LogP contribution is 2.18. The number of nitrogens with zero attached hydrogens (tertiary/aromatic N) is 3. The average molecular weight is 394 g/mol. The fraction of sp³-hybridized carbons (Fsp3) is 0.692. The van der Waals surface area contributed by atoms with E-state index in [0.29, 0.717) is 12.5 Å². The number of hydrogen-bond donors (Lipinski definition) is 1. The molecule has 1 aromatic heterocycles. The molecule has 6 heteroatoms. The minimum atomic E-state index is 0. The molecule has 4 nitrogen and oxygen atoms in total. The van der Waals surface area contributed by atoms with Gasteiger partial charge in [-0.05, 0) is 32.6 Å². The molecule has 0 atom stereocenters. The molecule has 0 amide bonds. The number of likely N-dealkylation sites (tertiary alicyclic amines) is 1. The number of piperidine rings is 1. The second-order valence-electron chi connectivity index (χ2n) is 5.09. The molecule has 0 unspecified atom stereocenters. The van der Waals surface area contributed by atoms with Gasteiger partial charge in [0.05, 0.1) is 12.2 Å². The lowest BCUT2D eigenvalue weighted by Gasteiger charge is -2.30. The quantitative estimate of drug-likeness (QED) is 0.477. The van der Waals surface area contributed by atoms with E-state index in [9.17, 15) is 0 Å². The second kappa shape index (κ2) is 7.42. The Morgan fingerprint density at radius 3 is 2.58 bits per heavy atom. The lowest BCUT2D eigenvalue weighted by atomic mass is 10.00. The van der Waals surface area contributed by atoms with E-state index in [2.05, 4.69) is 28.7 Å². The van der Waals surface area contributed by atoms with Crippen LogP contribution in [0.5, 0.6) is 0 Å². The largest absolute Gasteiger partial charge is 0.370 e. The van der Waals surface area contributed by atoms with Crippen molar-refractivity contribution in [3.8, 4) is 0 Å². The fourth-order valence-electron chi connectivity index (χ4n) is 2.09. The normalized spacial score (nSPS) is 17.4. The van der Waals surface area contributed by atoms with Gasteiger partial charge < -0.3 is 10.6 Å². The van der Waals surface area contributed by atoms with Crippen LogP contribution >= 0.6 is 35.3 Å². The Morgan fingerprint density at radius 2 is 2.05 bits per heavy atom. The summed E-state index contributed by atoms with van der Waals surface area (Å²) in [5.41, 5.74) is 7.15. The highest BCUT2D eigenvalue weighted by molar-refractivity contribution is 14.0. The molecule has 19 heavy (non-hydrogen) atoms. The third-order valence-corrected chi connectivity index (χ3v) is 4.61. The first kappa shape index (κ1) is 16.7. The van der Waals surface area contributed by atoms with Crippen molar-refractivity contribution in [3.05, 3.63) is 15.6 Å². The standard InChI is InChI=1S/C13H22N4S.HI/c1-9-4-6-17(7-5-9)13(14)15-8-12-16-10(2)11(3)18-12;/h9H,4-8H2,1-3H3,(H2,14,15);1H. The first-order valence-corrected chi connectivity index (χ1v) is 7.35. The van der Waals surface area contributed by atoms with Crippen molar-refractivity contribution in [2.45, 2.75) is 40.2 Å². The summed E-state index contributed by atoms with van der Waals surface area (Å²) in [7, 11) is 0. The molecule has 1 aliphatic rings. The number of thiazole rings is 1. The molecule has 2 N–H and O–H groups in total. The maximum atomic E-state index is 6.04. The van der Waals surface area contributed by atoms with E-state index < -0.39 is 0 Å². The molecule has 2 heterocycles. The average Bonchev–Trinajstić information content (AvgIpc) is 2.67. The molecule has 1 saturated heterocycles. The maximum absolute atomic E-state index is 6.04. The smallest absolute Gasteiger partial charge is 0.191 e. The van der Waals surface area contributed by atoms with Gasteiger partial charge in [-0.2, -0.15) is 0 Å². The number of hydrogen-bond acceptors (Lipinski definition) is 3. The lowest BCUT2D eigenvalue weighted by molar-refractivity contribution is 0.277. The molecule has 2 rings (SSSR count). The molecule has 0 aromatic carbocycles. The summed E-state index contributed by atoms with van der Waals surface area (Å²) in [6.07, 6.45) is 2.43. The predicted molar refractivity (Wildman–Crippen MR) is 92.3 cm³/mol. The first-order chi connectivity index (χ1) is 8.56. The van der Waals surface area contributed by atoms with Crippen molar-refractivity contribution in [1.82, 2.24) is 9.88 Å². The first-order valence-electron chi connectivity index (χ1n) is 6.54. The highest BCUT2D eigenvalue weighted by Gasteiger charge is 2.16. The van der Waals surface area contributed by atoms with Gasteiger partial charge in [0.1, 0.15) is 5.01 Å². The molecule has 0 saturated carbocycles. The summed E-state index contributed by atoms with van der Waals surface area (Å²) in [5, 5.41) is 1.05. The minimum Gasteiger partial charge on any atom is -0.370 e. The number of aliphatic imine (C=N–C) groups is 1. The van der Waals surface area contributed by atoms with Gasteiger partial charge in [0.2, 0.25) is 0 Å². The van der Waals surface area contributed by atoms with Gasteiger partial charge in [-0.25, -0.2) is 9.98 Å². The van der Waals surface area contributed by atoms with Gasteiger partial charge >= 0.3 is 0 Å². The zero-order chi connectivity index (χ0) is 13.1. The van der Waals surface area contributed by atoms with E-state index in [-0.39, 0.29) is 24.0 Å². The molecule has 1 aliphatic heterocycles. The van der Waals surface area contributed by atoms with E-state index >= 15 is 0 Å². The van der Waals surface area contributed by atoms with Crippen molar-refractivity contribution >= 4 is 41.3 Å². The molecule has 0 radical (unpaired) electrons. The van der Waals surface area contributed by atoms with Gasteiger partial charge in [0.25, 0.3) is 0 Å². The zero-order valence-corrected chi connectivity index (χ0v) is 15.0. The monoisotopic (exact) mass is 394 g/mol. The summed E-state index contributed by atoms with van der Waals surface area (Å²) in [5.74, 6) is 1.49. The Kier molecular flexibility index (Phi) is 6.52. The molecule has 0 spiro atoms. The van der Waals surface area contributed by atoms with Crippen LogP contribution in [-0.4, -0.2) is 28.9 Å². The van der Waals surface area contributed by atoms with E-state index in [1.54, 1.807) is 11.3 Å². The van der Waals surface area contributed by atoms with Gasteiger partial charge in [0, 0.05) is 18.0 Å². The SMILES string of the molecule is Cc1nc(CN=C(N)N2CCC(C)CC2)sc1C.I. The third-order valence-electron chi connectivity index (χ3n) is 3.56. The van der Waals surface area contributed by atoms with Crippen LogP contribution in [0.4, 0.5) is 0 Å². The van der Waals surface area contributed by atoms with E-state index in [4.69, 9.17) is 5.73 Å². The van der Waals surface area contributed by atoms with Crippen molar-refractivity contribution in [1.29, 1.82) is 0 Å². The van der Waals surface area contributed by atoms with Crippen LogP contribution in [0.25, 0.3) is 0 Å². The van der Waals surface area contributed by atoms with Crippen molar-refractivity contribution in [2.75, 3.05) is 13.1 Å². The van der Waals surface area contributed by atoms with Crippen LogP contribution < -0.4 is 5.73 Å². The molecular weight excluding hydrogens is 371 g/mol. The van der Waals surface area contributed by atoms with Gasteiger partial charge in [-0.1, -0.05) is 6.92 Å².